The minimum absolute atomic E-state index is 0.00552. The molecule has 1 fully saturated rings. The number of rotatable bonds is 4. The third-order valence-corrected chi connectivity index (χ3v) is 2.92. The van der Waals surface area contributed by atoms with Crippen molar-refractivity contribution >= 4 is 5.78 Å². The maximum absolute atomic E-state index is 12.0. The Morgan fingerprint density at radius 3 is 3.06 bits per heavy atom. The van der Waals surface area contributed by atoms with Gasteiger partial charge in [0.2, 0.25) is 5.88 Å². The fourth-order valence-electron chi connectivity index (χ4n) is 1.95. The van der Waals surface area contributed by atoms with Gasteiger partial charge in [-0.1, -0.05) is 0 Å². The lowest BCUT2D eigenvalue weighted by Gasteiger charge is -2.06. The first-order valence-corrected chi connectivity index (χ1v) is 5.68. The SMILES string of the molecule is COc1cc(CC(=O)C2COC(C)C2)ncn1. The fourth-order valence-corrected chi connectivity index (χ4v) is 1.95. The Hall–Kier alpha value is -1.49. The van der Waals surface area contributed by atoms with Gasteiger partial charge in [-0.2, -0.15) is 0 Å². The Labute approximate surface area is 100 Å². The van der Waals surface area contributed by atoms with Gasteiger partial charge in [-0.3, -0.25) is 4.79 Å². The average molecular weight is 236 g/mol. The van der Waals surface area contributed by atoms with Crippen molar-refractivity contribution in [2.24, 2.45) is 5.92 Å². The van der Waals surface area contributed by atoms with Crippen LogP contribution in [-0.4, -0.2) is 35.6 Å². The minimum Gasteiger partial charge on any atom is -0.481 e. The molecular formula is C12H16N2O3. The summed E-state index contributed by atoms with van der Waals surface area (Å²) in [6.07, 6.45) is 2.72. The van der Waals surface area contributed by atoms with Crippen LogP contribution < -0.4 is 4.74 Å². The van der Waals surface area contributed by atoms with Gasteiger partial charge in [0.15, 0.2) is 0 Å². The highest BCUT2D eigenvalue weighted by Gasteiger charge is 2.28. The van der Waals surface area contributed by atoms with Crippen molar-refractivity contribution < 1.29 is 14.3 Å². The summed E-state index contributed by atoms with van der Waals surface area (Å²) in [7, 11) is 1.54. The lowest BCUT2D eigenvalue weighted by Crippen LogP contribution is -2.17. The number of carbonyl (C=O) groups excluding carboxylic acids is 1. The molecule has 0 bridgehead atoms. The van der Waals surface area contributed by atoms with Crippen molar-refractivity contribution in [3.63, 3.8) is 0 Å². The van der Waals surface area contributed by atoms with E-state index in [1.54, 1.807) is 13.2 Å². The molecule has 2 heterocycles. The summed E-state index contributed by atoms with van der Waals surface area (Å²) in [6.45, 7) is 2.52. The second-order valence-corrected chi connectivity index (χ2v) is 4.27. The van der Waals surface area contributed by atoms with Gasteiger partial charge in [-0.05, 0) is 13.3 Å². The van der Waals surface area contributed by atoms with Gasteiger partial charge in [0.25, 0.3) is 0 Å². The van der Waals surface area contributed by atoms with Crippen LogP contribution >= 0.6 is 0 Å². The number of methoxy groups -OCH3 is 1. The Morgan fingerprint density at radius 1 is 1.59 bits per heavy atom. The molecule has 1 aromatic heterocycles. The van der Waals surface area contributed by atoms with E-state index in [9.17, 15) is 4.79 Å². The standard InChI is InChI=1S/C12H16N2O3/c1-8-3-9(6-17-8)11(15)4-10-5-12(16-2)14-7-13-10/h5,7-9H,3-4,6H2,1-2H3. The number of nitrogens with zero attached hydrogens (tertiary/aromatic N) is 2. The van der Waals surface area contributed by atoms with Crippen LogP contribution in [0, 0.1) is 5.92 Å². The second kappa shape index (κ2) is 5.23. The Balaban J connectivity index is 1.98. The number of hydrogen-bond acceptors (Lipinski definition) is 5. The molecule has 17 heavy (non-hydrogen) atoms. The van der Waals surface area contributed by atoms with E-state index < -0.39 is 0 Å². The van der Waals surface area contributed by atoms with Crippen molar-refractivity contribution in [3.05, 3.63) is 18.1 Å². The lowest BCUT2D eigenvalue weighted by atomic mass is 9.98. The summed E-state index contributed by atoms with van der Waals surface area (Å²) >= 11 is 0. The van der Waals surface area contributed by atoms with Gasteiger partial charge < -0.3 is 9.47 Å². The maximum Gasteiger partial charge on any atom is 0.216 e. The molecule has 5 heteroatoms. The molecule has 2 atom stereocenters. The normalized spacial score (nSPS) is 23.6. The molecule has 1 aliphatic rings. The summed E-state index contributed by atoms with van der Waals surface area (Å²) < 4.78 is 10.4. The van der Waals surface area contributed by atoms with Crippen LogP contribution in [0.2, 0.25) is 0 Å². The summed E-state index contributed by atoms with van der Waals surface area (Å²) in [5.41, 5.74) is 0.696. The Morgan fingerprint density at radius 2 is 2.41 bits per heavy atom. The lowest BCUT2D eigenvalue weighted by molar-refractivity contribution is -0.122. The topological polar surface area (TPSA) is 61.3 Å². The number of Topliss-reactive ketones (excluding diaryl/α,β-unsaturated/α-hetero) is 1. The van der Waals surface area contributed by atoms with Crippen molar-refractivity contribution in [1.29, 1.82) is 0 Å². The van der Waals surface area contributed by atoms with Crippen molar-refractivity contribution in [2.45, 2.75) is 25.9 Å². The number of hydrogen-bond donors (Lipinski definition) is 0. The van der Waals surface area contributed by atoms with Crippen LogP contribution in [0.5, 0.6) is 5.88 Å². The molecule has 2 rings (SSSR count). The van der Waals surface area contributed by atoms with Crippen molar-refractivity contribution in [3.8, 4) is 5.88 Å². The van der Waals surface area contributed by atoms with Crippen LogP contribution in [0.3, 0.4) is 0 Å². The zero-order valence-corrected chi connectivity index (χ0v) is 10.0. The van der Waals surface area contributed by atoms with Gasteiger partial charge in [-0.15, -0.1) is 0 Å². The average Bonchev–Trinajstić information content (AvgIpc) is 2.76. The molecule has 1 aromatic rings. The maximum atomic E-state index is 12.0. The number of ether oxygens (including phenoxy) is 2. The number of ketones is 1. The quantitative estimate of drug-likeness (QED) is 0.781. The molecule has 0 aliphatic carbocycles. The number of carbonyl (C=O) groups is 1. The van der Waals surface area contributed by atoms with E-state index in [1.165, 1.54) is 6.33 Å². The highest BCUT2D eigenvalue weighted by molar-refractivity contribution is 5.83. The van der Waals surface area contributed by atoms with Crippen molar-refractivity contribution in [2.75, 3.05) is 13.7 Å². The van der Waals surface area contributed by atoms with E-state index in [4.69, 9.17) is 9.47 Å². The first-order chi connectivity index (χ1) is 8.19. The van der Waals surface area contributed by atoms with Crippen LogP contribution in [0.25, 0.3) is 0 Å². The molecule has 0 aromatic carbocycles. The molecule has 5 nitrogen and oxygen atoms in total. The zero-order valence-electron chi connectivity index (χ0n) is 10.0. The molecule has 1 aliphatic heterocycles. The molecule has 2 unspecified atom stereocenters. The summed E-state index contributed by atoms with van der Waals surface area (Å²) in [4.78, 5) is 19.9. The van der Waals surface area contributed by atoms with Gasteiger partial charge in [0.05, 0.1) is 25.5 Å². The van der Waals surface area contributed by atoms with E-state index in [1.807, 2.05) is 6.92 Å². The highest BCUT2D eigenvalue weighted by atomic mass is 16.5. The van der Waals surface area contributed by atoms with Gasteiger partial charge >= 0.3 is 0 Å². The molecule has 0 saturated carbocycles. The van der Waals surface area contributed by atoms with E-state index in [0.717, 1.165) is 6.42 Å². The first kappa shape index (κ1) is 12.0. The van der Waals surface area contributed by atoms with E-state index >= 15 is 0 Å². The smallest absolute Gasteiger partial charge is 0.216 e. The Bertz CT molecular complexity index is 408. The summed E-state index contributed by atoms with van der Waals surface area (Å²) in [5.74, 6) is 0.667. The predicted octanol–water partition coefficient (Wildman–Crippen LogP) is 1.02. The predicted molar refractivity (Wildman–Crippen MR) is 60.8 cm³/mol. The van der Waals surface area contributed by atoms with Crippen molar-refractivity contribution in [1.82, 2.24) is 9.97 Å². The molecule has 0 N–H and O–H groups in total. The molecular weight excluding hydrogens is 220 g/mol. The summed E-state index contributed by atoms with van der Waals surface area (Å²) in [6, 6.07) is 1.69. The van der Waals surface area contributed by atoms with Crippen LogP contribution in [0.4, 0.5) is 0 Å². The van der Waals surface area contributed by atoms with E-state index in [-0.39, 0.29) is 17.8 Å². The van der Waals surface area contributed by atoms with Crippen LogP contribution in [0.15, 0.2) is 12.4 Å². The molecule has 1 saturated heterocycles. The largest absolute Gasteiger partial charge is 0.481 e. The van der Waals surface area contributed by atoms with Gasteiger partial charge in [0, 0.05) is 18.4 Å². The van der Waals surface area contributed by atoms with Crippen LogP contribution in [-0.2, 0) is 16.0 Å². The first-order valence-electron chi connectivity index (χ1n) is 5.68. The third kappa shape index (κ3) is 3.00. The monoisotopic (exact) mass is 236 g/mol. The summed E-state index contributed by atoms with van der Waals surface area (Å²) in [5, 5.41) is 0. The zero-order chi connectivity index (χ0) is 12.3. The molecule has 92 valence electrons. The third-order valence-electron chi connectivity index (χ3n) is 2.92. The van der Waals surface area contributed by atoms with E-state index in [2.05, 4.69) is 9.97 Å². The minimum atomic E-state index is 0.00552. The van der Waals surface area contributed by atoms with Crippen LogP contribution in [0.1, 0.15) is 19.0 Å². The fraction of sp³-hybridized carbons (Fsp3) is 0.583. The molecule has 0 spiro atoms. The second-order valence-electron chi connectivity index (χ2n) is 4.27. The molecule has 0 radical (unpaired) electrons. The highest BCUT2D eigenvalue weighted by Crippen LogP contribution is 2.21. The van der Waals surface area contributed by atoms with E-state index in [0.29, 0.717) is 24.6 Å². The van der Waals surface area contributed by atoms with Gasteiger partial charge in [-0.25, -0.2) is 9.97 Å². The van der Waals surface area contributed by atoms with Gasteiger partial charge in [0.1, 0.15) is 12.1 Å². The Kier molecular flexibility index (Phi) is 3.68. The number of aromatic nitrogens is 2. The molecule has 0 amide bonds.